The molecule has 4 nitrogen and oxygen atoms in total. The summed E-state index contributed by atoms with van der Waals surface area (Å²) in [5.41, 5.74) is -1.58. The summed E-state index contributed by atoms with van der Waals surface area (Å²) < 4.78 is 28.8. The van der Waals surface area contributed by atoms with Gasteiger partial charge in [-0.1, -0.05) is 41.9 Å². The van der Waals surface area contributed by atoms with Crippen LogP contribution in [0.25, 0.3) is 0 Å². The molecular formula is C19H17ClF2N2O2. The summed E-state index contributed by atoms with van der Waals surface area (Å²) in [6, 6.07) is 12.7. The number of carbonyl (C=O) groups is 2. The molecule has 0 spiro atoms. The SMILES string of the molecule is O=C(c1cc(Cl)ccc1F)N1CCC(F)(C(=O)NCc2ccccc2)C1. The summed E-state index contributed by atoms with van der Waals surface area (Å²) in [5.74, 6) is -2.19. The molecule has 1 heterocycles. The number of alkyl halides is 1. The molecule has 2 aromatic carbocycles. The summed E-state index contributed by atoms with van der Waals surface area (Å²) in [6.07, 6.45) is -0.137. The first-order chi connectivity index (χ1) is 12.4. The van der Waals surface area contributed by atoms with Gasteiger partial charge in [-0.2, -0.15) is 0 Å². The second-order valence-corrected chi connectivity index (χ2v) is 6.67. The third kappa shape index (κ3) is 3.85. The molecule has 0 aliphatic carbocycles. The summed E-state index contributed by atoms with van der Waals surface area (Å²) in [7, 11) is 0. The zero-order valence-corrected chi connectivity index (χ0v) is 14.6. The Morgan fingerprint density at radius 3 is 2.65 bits per heavy atom. The molecule has 1 atom stereocenters. The monoisotopic (exact) mass is 378 g/mol. The highest BCUT2D eigenvalue weighted by atomic mass is 35.5. The smallest absolute Gasteiger partial charge is 0.259 e. The van der Waals surface area contributed by atoms with Gasteiger partial charge in [0.1, 0.15) is 5.82 Å². The van der Waals surface area contributed by atoms with E-state index in [0.717, 1.165) is 16.5 Å². The van der Waals surface area contributed by atoms with E-state index in [1.165, 1.54) is 12.1 Å². The molecule has 2 amide bonds. The molecule has 136 valence electrons. The third-order valence-corrected chi connectivity index (χ3v) is 4.60. The number of likely N-dealkylation sites (tertiary alicyclic amines) is 1. The Morgan fingerprint density at radius 1 is 1.19 bits per heavy atom. The molecule has 0 aromatic heterocycles. The van der Waals surface area contributed by atoms with Crippen molar-refractivity contribution in [3.8, 4) is 0 Å². The van der Waals surface area contributed by atoms with Gasteiger partial charge in [-0.15, -0.1) is 0 Å². The third-order valence-electron chi connectivity index (χ3n) is 4.37. The number of hydrogen-bond acceptors (Lipinski definition) is 2. The van der Waals surface area contributed by atoms with Gasteiger partial charge in [-0.05, 0) is 23.8 Å². The van der Waals surface area contributed by atoms with Gasteiger partial charge >= 0.3 is 0 Å². The fraction of sp³-hybridized carbons (Fsp3) is 0.263. The lowest BCUT2D eigenvalue weighted by Gasteiger charge is -2.21. The fourth-order valence-electron chi connectivity index (χ4n) is 2.90. The van der Waals surface area contributed by atoms with Crippen molar-refractivity contribution in [3.63, 3.8) is 0 Å². The molecule has 1 aliphatic rings. The number of nitrogens with one attached hydrogen (secondary N) is 1. The molecule has 0 saturated carbocycles. The number of halogens is 3. The van der Waals surface area contributed by atoms with Crippen LogP contribution in [0.15, 0.2) is 48.5 Å². The maximum Gasteiger partial charge on any atom is 0.259 e. The van der Waals surface area contributed by atoms with Crippen molar-refractivity contribution >= 4 is 23.4 Å². The summed E-state index contributed by atoms with van der Waals surface area (Å²) >= 11 is 5.80. The van der Waals surface area contributed by atoms with Crippen LogP contribution in [0.5, 0.6) is 0 Å². The first-order valence-electron chi connectivity index (χ1n) is 8.14. The minimum Gasteiger partial charge on any atom is -0.349 e. The highest BCUT2D eigenvalue weighted by Gasteiger charge is 2.46. The lowest BCUT2D eigenvalue weighted by molar-refractivity contribution is -0.132. The van der Waals surface area contributed by atoms with Crippen molar-refractivity contribution in [3.05, 3.63) is 70.5 Å². The summed E-state index contributed by atoms with van der Waals surface area (Å²) in [5, 5.41) is 2.76. The Hall–Kier alpha value is -2.47. The summed E-state index contributed by atoms with van der Waals surface area (Å²) in [4.78, 5) is 25.8. The van der Waals surface area contributed by atoms with Crippen molar-refractivity contribution in [2.45, 2.75) is 18.6 Å². The summed E-state index contributed by atoms with van der Waals surface area (Å²) in [6.45, 7) is -0.194. The van der Waals surface area contributed by atoms with Crippen LogP contribution in [0.4, 0.5) is 8.78 Å². The number of benzene rings is 2. The number of hydrogen-bond donors (Lipinski definition) is 1. The van der Waals surface area contributed by atoms with Crippen molar-refractivity contribution in [1.29, 1.82) is 0 Å². The van der Waals surface area contributed by atoms with Gasteiger partial charge in [0.15, 0.2) is 0 Å². The van der Waals surface area contributed by atoms with Crippen molar-refractivity contribution in [2.24, 2.45) is 0 Å². The lowest BCUT2D eigenvalue weighted by atomic mass is 10.0. The van der Waals surface area contributed by atoms with Crippen molar-refractivity contribution in [2.75, 3.05) is 13.1 Å². The Labute approximate surface area is 154 Å². The van der Waals surface area contributed by atoms with E-state index in [4.69, 9.17) is 11.6 Å². The van der Waals surface area contributed by atoms with E-state index in [1.807, 2.05) is 30.3 Å². The molecular weight excluding hydrogens is 362 g/mol. The van der Waals surface area contributed by atoms with Gasteiger partial charge in [-0.3, -0.25) is 9.59 Å². The van der Waals surface area contributed by atoms with Gasteiger partial charge < -0.3 is 10.2 Å². The van der Waals surface area contributed by atoms with Crippen molar-refractivity contribution in [1.82, 2.24) is 10.2 Å². The fourth-order valence-corrected chi connectivity index (χ4v) is 3.07. The standard InChI is InChI=1S/C19H17ClF2N2O2/c20-14-6-7-16(21)15(10-14)17(25)24-9-8-19(22,12-24)18(26)23-11-13-4-2-1-3-5-13/h1-7,10H,8-9,11-12H2,(H,23,26). The van der Waals surface area contributed by atoms with Crippen LogP contribution < -0.4 is 5.32 Å². The number of nitrogens with zero attached hydrogens (tertiary/aromatic N) is 1. The topological polar surface area (TPSA) is 49.4 Å². The average Bonchev–Trinajstić information content (AvgIpc) is 3.05. The Morgan fingerprint density at radius 2 is 1.92 bits per heavy atom. The highest BCUT2D eigenvalue weighted by Crippen LogP contribution is 2.28. The zero-order valence-electron chi connectivity index (χ0n) is 13.8. The quantitative estimate of drug-likeness (QED) is 0.887. The largest absolute Gasteiger partial charge is 0.349 e. The van der Waals surface area contributed by atoms with Crippen LogP contribution in [0, 0.1) is 5.82 Å². The van der Waals surface area contributed by atoms with Gasteiger partial charge in [0.2, 0.25) is 5.67 Å². The van der Waals surface area contributed by atoms with Gasteiger partial charge in [0, 0.05) is 24.5 Å². The van der Waals surface area contributed by atoms with Crippen LogP contribution in [0.3, 0.4) is 0 Å². The van der Waals surface area contributed by atoms with Crippen LogP contribution in [-0.4, -0.2) is 35.5 Å². The lowest BCUT2D eigenvalue weighted by Crippen LogP contribution is -2.45. The van der Waals surface area contributed by atoms with Gasteiger partial charge in [-0.25, -0.2) is 8.78 Å². The van der Waals surface area contributed by atoms with Crippen LogP contribution >= 0.6 is 11.6 Å². The highest BCUT2D eigenvalue weighted by molar-refractivity contribution is 6.31. The Balaban J connectivity index is 1.65. The molecule has 26 heavy (non-hydrogen) atoms. The van der Waals surface area contributed by atoms with Crippen molar-refractivity contribution < 1.29 is 18.4 Å². The first-order valence-corrected chi connectivity index (χ1v) is 8.52. The zero-order chi connectivity index (χ0) is 18.7. The molecule has 7 heteroatoms. The second kappa shape index (κ2) is 7.41. The van der Waals surface area contributed by atoms with Gasteiger partial charge in [0.05, 0.1) is 12.1 Å². The molecule has 0 bridgehead atoms. The minimum absolute atomic E-state index is 0.0278. The van der Waals surface area contributed by atoms with E-state index in [0.29, 0.717) is 0 Å². The maximum absolute atomic E-state index is 15.0. The molecule has 1 unspecified atom stereocenters. The predicted octanol–water partition coefficient (Wildman–Crippen LogP) is 3.35. The Kier molecular flexibility index (Phi) is 5.23. The Bertz CT molecular complexity index is 832. The normalized spacial score (nSPS) is 19.4. The predicted molar refractivity (Wildman–Crippen MR) is 94.1 cm³/mol. The van der Waals surface area contributed by atoms with Crippen LogP contribution in [0.2, 0.25) is 5.02 Å². The molecule has 1 fully saturated rings. The molecule has 3 rings (SSSR count). The minimum atomic E-state index is -2.19. The molecule has 1 aliphatic heterocycles. The van der Waals surface area contributed by atoms with Crippen LogP contribution in [0.1, 0.15) is 22.3 Å². The maximum atomic E-state index is 15.0. The van der Waals surface area contributed by atoms with Crippen LogP contribution in [-0.2, 0) is 11.3 Å². The van der Waals surface area contributed by atoms with Gasteiger partial charge in [0.25, 0.3) is 11.8 Å². The van der Waals surface area contributed by atoms with E-state index in [9.17, 15) is 18.4 Å². The number of rotatable bonds is 4. The number of amides is 2. The average molecular weight is 379 g/mol. The first kappa shape index (κ1) is 18.3. The van der Waals surface area contributed by atoms with E-state index in [1.54, 1.807) is 0 Å². The van der Waals surface area contributed by atoms with E-state index in [2.05, 4.69) is 5.32 Å². The molecule has 1 saturated heterocycles. The molecule has 0 radical (unpaired) electrons. The van der Waals surface area contributed by atoms with E-state index in [-0.39, 0.29) is 30.1 Å². The van der Waals surface area contributed by atoms with E-state index >= 15 is 0 Å². The number of carbonyl (C=O) groups excluding carboxylic acids is 2. The molecule has 1 N–H and O–H groups in total. The van der Waals surface area contributed by atoms with E-state index < -0.39 is 29.8 Å². The second-order valence-electron chi connectivity index (χ2n) is 6.23. The molecule has 2 aromatic rings.